The molecular formula is C26H26F3NO3. The Balaban J connectivity index is 1.61. The number of rotatable bonds is 7. The van der Waals surface area contributed by atoms with Crippen LogP contribution in [0.4, 0.5) is 13.2 Å². The zero-order valence-corrected chi connectivity index (χ0v) is 18.0. The van der Waals surface area contributed by atoms with E-state index in [1.807, 2.05) is 60.7 Å². The SMILES string of the molecule is OC[C@@H](O[C@H]1OCCN(Cc2ccccc2)[C@H]1c1ccccc1)c1cccc(C(F)(F)F)c1. The van der Waals surface area contributed by atoms with Gasteiger partial charge in [0.1, 0.15) is 6.10 Å². The normalized spacial score (nSPS) is 20.5. The van der Waals surface area contributed by atoms with E-state index in [0.29, 0.717) is 19.7 Å². The average molecular weight is 457 g/mol. The second-order valence-corrected chi connectivity index (χ2v) is 7.98. The van der Waals surface area contributed by atoms with Crippen molar-refractivity contribution in [2.75, 3.05) is 19.8 Å². The highest BCUT2D eigenvalue weighted by atomic mass is 19.4. The van der Waals surface area contributed by atoms with Gasteiger partial charge in [-0.3, -0.25) is 4.90 Å². The molecule has 3 atom stereocenters. The van der Waals surface area contributed by atoms with E-state index in [1.54, 1.807) is 0 Å². The fourth-order valence-corrected chi connectivity index (χ4v) is 4.12. The number of nitrogens with zero attached hydrogens (tertiary/aromatic N) is 1. The topological polar surface area (TPSA) is 41.9 Å². The van der Waals surface area contributed by atoms with Crippen LogP contribution < -0.4 is 0 Å². The van der Waals surface area contributed by atoms with Gasteiger partial charge in [0.15, 0.2) is 6.29 Å². The van der Waals surface area contributed by atoms with Crippen molar-refractivity contribution in [1.82, 2.24) is 4.90 Å². The third-order valence-corrected chi connectivity index (χ3v) is 5.73. The van der Waals surface area contributed by atoms with Crippen molar-refractivity contribution in [3.63, 3.8) is 0 Å². The van der Waals surface area contributed by atoms with E-state index in [9.17, 15) is 18.3 Å². The van der Waals surface area contributed by atoms with Gasteiger partial charge in [-0.25, -0.2) is 0 Å². The molecule has 0 unspecified atom stereocenters. The summed E-state index contributed by atoms with van der Waals surface area (Å²) in [6.07, 6.45) is -6.20. The van der Waals surface area contributed by atoms with E-state index >= 15 is 0 Å². The summed E-state index contributed by atoms with van der Waals surface area (Å²) in [5, 5.41) is 9.99. The number of benzene rings is 3. The number of aliphatic hydroxyl groups excluding tert-OH is 1. The predicted octanol–water partition coefficient (Wildman–Crippen LogP) is 5.36. The highest BCUT2D eigenvalue weighted by molar-refractivity contribution is 5.28. The zero-order valence-electron chi connectivity index (χ0n) is 18.0. The first-order valence-electron chi connectivity index (χ1n) is 10.8. The van der Waals surface area contributed by atoms with Crippen LogP contribution in [0.5, 0.6) is 0 Å². The molecule has 1 fully saturated rings. The predicted molar refractivity (Wildman–Crippen MR) is 118 cm³/mol. The van der Waals surface area contributed by atoms with Crippen molar-refractivity contribution in [2.45, 2.75) is 31.2 Å². The van der Waals surface area contributed by atoms with Crippen molar-refractivity contribution in [2.24, 2.45) is 0 Å². The van der Waals surface area contributed by atoms with Gasteiger partial charge in [0, 0.05) is 13.1 Å². The van der Waals surface area contributed by atoms with Crippen LogP contribution in [0.15, 0.2) is 84.9 Å². The highest BCUT2D eigenvalue weighted by Gasteiger charge is 2.37. The number of morpholine rings is 1. The van der Waals surface area contributed by atoms with Crippen LogP contribution in [0, 0.1) is 0 Å². The molecule has 1 saturated heterocycles. The summed E-state index contributed by atoms with van der Waals surface area (Å²) in [6.45, 7) is 1.27. The van der Waals surface area contributed by atoms with Gasteiger partial charge in [-0.05, 0) is 28.8 Å². The van der Waals surface area contributed by atoms with E-state index in [-0.39, 0.29) is 11.6 Å². The summed E-state index contributed by atoms with van der Waals surface area (Å²) in [4.78, 5) is 2.24. The Kier molecular flexibility index (Phi) is 7.45. The number of alkyl halides is 3. The summed E-state index contributed by atoms with van der Waals surface area (Å²) in [5.74, 6) is 0. The molecule has 0 spiro atoms. The van der Waals surface area contributed by atoms with Crippen LogP contribution >= 0.6 is 0 Å². The van der Waals surface area contributed by atoms with Gasteiger partial charge >= 0.3 is 6.18 Å². The van der Waals surface area contributed by atoms with Crippen LogP contribution in [0.3, 0.4) is 0 Å². The van der Waals surface area contributed by atoms with Crippen molar-refractivity contribution >= 4 is 0 Å². The van der Waals surface area contributed by atoms with Gasteiger partial charge in [-0.15, -0.1) is 0 Å². The Morgan fingerprint density at radius 1 is 0.970 bits per heavy atom. The average Bonchev–Trinajstić information content (AvgIpc) is 2.83. The molecule has 0 aromatic heterocycles. The third kappa shape index (κ3) is 5.81. The number of ether oxygens (including phenoxy) is 2. The fraction of sp³-hybridized carbons (Fsp3) is 0.308. The molecule has 1 heterocycles. The first-order chi connectivity index (χ1) is 16.0. The molecule has 0 aliphatic carbocycles. The van der Waals surface area contributed by atoms with E-state index in [1.165, 1.54) is 12.1 Å². The van der Waals surface area contributed by atoms with Gasteiger partial charge in [-0.1, -0.05) is 72.8 Å². The van der Waals surface area contributed by atoms with E-state index < -0.39 is 30.7 Å². The van der Waals surface area contributed by atoms with Crippen molar-refractivity contribution < 1.29 is 27.8 Å². The molecule has 174 valence electrons. The lowest BCUT2D eigenvalue weighted by atomic mass is 10.0. The molecule has 4 nitrogen and oxygen atoms in total. The number of aliphatic hydroxyl groups is 1. The van der Waals surface area contributed by atoms with Crippen molar-refractivity contribution in [1.29, 1.82) is 0 Å². The van der Waals surface area contributed by atoms with Gasteiger partial charge < -0.3 is 14.6 Å². The quantitative estimate of drug-likeness (QED) is 0.519. The van der Waals surface area contributed by atoms with Crippen LogP contribution in [0.25, 0.3) is 0 Å². The van der Waals surface area contributed by atoms with E-state index in [4.69, 9.17) is 9.47 Å². The summed E-state index contributed by atoms with van der Waals surface area (Å²) in [6, 6.07) is 24.3. The molecule has 0 saturated carbocycles. The molecule has 7 heteroatoms. The maximum absolute atomic E-state index is 13.2. The minimum atomic E-state index is -4.48. The second-order valence-electron chi connectivity index (χ2n) is 7.98. The maximum Gasteiger partial charge on any atom is 0.416 e. The Labute approximate surface area is 191 Å². The summed E-state index contributed by atoms with van der Waals surface area (Å²) in [7, 11) is 0. The molecule has 1 N–H and O–H groups in total. The first-order valence-corrected chi connectivity index (χ1v) is 10.8. The van der Waals surface area contributed by atoms with Crippen molar-refractivity contribution in [3.8, 4) is 0 Å². The van der Waals surface area contributed by atoms with Crippen molar-refractivity contribution in [3.05, 3.63) is 107 Å². The first kappa shape index (κ1) is 23.4. The summed E-state index contributed by atoms with van der Waals surface area (Å²) < 4.78 is 51.7. The molecule has 0 amide bonds. The molecule has 1 aliphatic heterocycles. The van der Waals surface area contributed by atoms with Crippen LogP contribution in [0.2, 0.25) is 0 Å². The summed E-state index contributed by atoms with van der Waals surface area (Å²) in [5.41, 5.74) is 1.58. The Morgan fingerprint density at radius 3 is 2.33 bits per heavy atom. The standard InChI is InChI=1S/C26H26F3NO3/c27-26(28,29)22-13-7-12-21(16-22)23(18-31)33-25-24(20-10-5-2-6-11-20)30(14-15-32-25)17-19-8-3-1-4-9-19/h1-13,16,23-25,31H,14-15,17-18H2/t23-,24+,25-/m1/s1. The second kappa shape index (κ2) is 10.5. The molecule has 3 aromatic carbocycles. The molecule has 33 heavy (non-hydrogen) atoms. The lowest BCUT2D eigenvalue weighted by Gasteiger charge is -2.42. The number of halogens is 3. The third-order valence-electron chi connectivity index (χ3n) is 5.73. The van der Waals surface area contributed by atoms with E-state index in [2.05, 4.69) is 4.90 Å². The monoisotopic (exact) mass is 457 g/mol. The molecule has 0 radical (unpaired) electrons. The molecule has 1 aliphatic rings. The molecule has 3 aromatic rings. The molecule has 0 bridgehead atoms. The van der Waals surface area contributed by atoms with Gasteiger partial charge in [0.2, 0.25) is 0 Å². The van der Waals surface area contributed by atoms with Gasteiger partial charge in [0.05, 0.1) is 24.8 Å². The fourth-order valence-electron chi connectivity index (χ4n) is 4.12. The molecule has 4 rings (SSSR count). The van der Waals surface area contributed by atoms with E-state index in [0.717, 1.165) is 23.3 Å². The lowest BCUT2D eigenvalue weighted by molar-refractivity contribution is -0.238. The smallest absolute Gasteiger partial charge is 0.393 e. The largest absolute Gasteiger partial charge is 0.416 e. The Hall–Kier alpha value is -2.71. The van der Waals surface area contributed by atoms with Gasteiger partial charge in [0.25, 0.3) is 0 Å². The Morgan fingerprint density at radius 2 is 1.67 bits per heavy atom. The molecular weight excluding hydrogens is 431 g/mol. The summed E-state index contributed by atoms with van der Waals surface area (Å²) >= 11 is 0. The minimum Gasteiger partial charge on any atom is -0.393 e. The Bertz CT molecular complexity index is 1010. The van der Waals surface area contributed by atoms with Gasteiger partial charge in [-0.2, -0.15) is 13.2 Å². The van der Waals surface area contributed by atoms with Crippen LogP contribution in [0.1, 0.15) is 34.4 Å². The minimum absolute atomic E-state index is 0.253. The number of hydrogen-bond acceptors (Lipinski definition) is 4. The van der Waals surface area contributed by atoms with Crippen LogP contribution in [-0.2, 0) is 22.2 Å². The lowest BCUT2D eigenvalue weighted by Crippen LogP contribution is -2.46. The number of hydrogen-bond donors (Lipinski definition) is 1. The highest BCUT2D eigenvalue weighted by Crippen LogP contribution is 2.36. The van der Waals surface area contributed by atoms with Crippen LogP contribution in [-0.4, -0.2) is 36.1 Å². The zero-order chi connectivity index (χ0) is 23.3. The maximum atomic E-state index is 13.2.